The molecular formula is C9H13F3N2S. The Morgan fingerprint density at radius 3 is 2.67 bits per heavy atom. The molecule has 1 atom stereocenters. The van der Waals surface area contributed by atoms with Gasteiger partial charge in [0.25, 0.3) is 0 Å². The third kappa shape index (κ3) is 5.13. The summed E-state index contributed by atoms with van der Waals surface area (Å²) in [6, 6.07) is -0.461. The average Bonchev–Trinajstić information content (AvgIpc) is 2.47. The van der Waals surface area contributed by atoms with Crippen LogP contribution in [0, 0.1) is 6.92 Å². The van der Waals surface area contributed by atoms with Crippen LogP contribution < -0.4 is 5.73 Å². The van der Waals surface area contributed by atoms with Crippen LogP contribution in [0.5, 0.6) is 0 Å². The fourth-order valence-electron chi connectivity index (χ4n) is 1.17. The van der Waals surface area contributed by atoms with Crippen LogP contribution in [0.4, 0.5) is 13.2 Å². The second-order valence-electron chi connectivity index (χ2n) is 3.50. The van der Waals surface area contributed by atoms with E-state index in [4.69, 9.17) is 5.73 Å². The third-order valence-corrected chi connectivity index (χ3v) is 2.89. The van der Waals surface area contributed by atoms with E-state index < -0.39 is 18.6 Å². The van der Waals surface area contributed by atoms with Crippen LogP contribution in [-0.4, -0.2) is 17.2 Å². The first-order valence-electron chi connectivity index (χ1n) is 4.60. The summed E-state index contributed by atoms with van der Waals surface area (Å²) in [7, 11) is 0. The van der Waals surface area contributed by atoms with Gasteiger partial charge in [0.05, 0.1) is 5.01 Å². The van der Waals surface area contributed by atoms with Gasteiger partial charge in [-0.25, -0.2) is 4.98 Å². The molecule has 0 aromatic carbocycles. The number of aryl methyl sites for hydroxylation is 1. The standard InChI is InChI=1S/C9H13F3N2S/c1-6-5-15-8(14-6)4-7(13)2-3-9(10,11)12/h5,7H,2-4,13H2,1H3. The van der Waals surface area contributed by atoms with Gasteiger partial charge in [0.15, 0.2) is 0 Å². The highest BCUT2D eigenvalue weighted by atomic mass is 32.1. The summed E-state index contributed by atoms with van der Waals surface area (Å²) in [5.74, 6) is 0. The van der Waals surface area contributed by atoms with Crippen molar-refractivity contribution in [1.82, 2.24) is 4.98 Å². The van der Waals surface area contributed by atoms with Crippen molar-refractivity contribution in [2.75, 3.05) is 0 Å². The van der Waals surface area contributed by atoms with Crippen molar-refractivity contribution in [2.45, 2.75) is 38.4 Å². The minimum atomic E-state index is -4.11. The quantitative estimate of drug-likeness (QED) is 0.875. The molecule has 0 fully saturated rings. The molecule has 0 aliphatic carbocycles. The summed E-state index contributed by atoms with van der Waals surface area (Å²) in [6.45, 7) is 1.85. The van der Waals surface area contributed by atoms with Gasteiger partial charge < -0.3 is 5.73 Å². The summed E-state index contributed by atoms with van der Waals surface area (Å²) in [5.41, 5.74) is 6.48. The lowest BCUT2D eigenvalue weighted by atomic mass is 10.1. The molecule has 0 amide bonds. The molecule has 1 aromatic heterocycles. The van der Waals surface area contributed by atoms with E-state index in [-0.39, 0.29) is 6.42 Å². The van der Waals surface area contributed by atoms with E-state index in [9.17, 15) is 13.2 Å². The second-order valence-corrected chi connectivity index (χ2v) is 4.44. The predicted molar refractivity (Wildman–Crippen MR) is 53.8 cm³/mol. The van der Waals surface area contributed by atoms with Crippen LogP contribution >= 0.6 is 11.3 Å². The minimum absolute atomic E-state index is 0.0396. The number of nitrogens with two attached hydrogens (primary N) is 1. The smallest absolute Gasteiger partial charge is 0.327 e. The molecule has 2 nitrogen and oxygen atoms in total. The zero-order valence-corrected chi connectivity index (χ0v) is 9.16. The first-order chi connectivity index (χ1) is 6.87. The Morgan fingerprint density at radius 2 is 2.20 bits per heavy atom. The zero-order chi connectivity index (χ0) is 11.5. The largest absolute Gasteiger partial charge is 0.389 e. The second kappa shape index (κ2) is 4.94. The molecule has 0 radical (unpaired) electrons. The topological polar surface area (TPSA) is 38.9 Å². The fraction of sp³-hybridized carbons (Fsp3) is 0.667. The van der Waals surface area contributed by atoms with Gasteiger partial charge in [0.1, 0.15) is 0 Å². The number of hydrogen-bond donors (Lipinski definition) is 1. The molecule has 0 saturated heterocycles. The Morgan fingerprint density at radius 1 is 1.53 bits per heavy atom. The van der Waals surface area contributed by atoms with E-state index in [1.54, 1.807) is 0 Å². The van der Waals surface area contributed by atoms with Crippen molar-refractivity contribution >= 4 is 11.3 Å². The monoisotopic (exact) mass is 238 g/mol. The normalized spacial score (nSPS) is 14.2. The number of thiazole rings is 1. The third-order valence-electron chi connectivity index (χ3n) is 1.90. The average molecular weight is 238 g/mol. The van der Waals surface area contributed by atoms with Crippen molar-refractivity contribution in [1.29, 1.82) is 0 Å². The zero-order valence-electron chi connectivity index (χ0n) is 8.34. The number of alkyl halides is 3. The number of nitrogens with zero attached hydrogens (tertiary/aromatic N) is 1. The van der Waals surface area contributed by atoms with Gasteiger partial charge in [-0.05, 0) is 13.3 Å². The molecule has 2 N–H and O–H groups in total. The SMILES string of the molecule is Cc1csc(CC(N)CCC(F)(F)F)n1. The summed E-state index contributed by atoms with van der Waals surface area (Å²) in [5, 5.41) is 2.67. The Kier molecular flexibility index (Phi) is 4.10. The van der Waals surface area contributed by atoms with Crippen molar-refractivity contribution in [3.05, 3.63) is 16.1 Å². The van der Waals surface area contributed by atoms with E-state index in [1.165, 1.54) is 11.3 Å². The van der Waals surface area contributed by atoms with Crippen molar-refractivity contribution in [2.24, 2.45) is 5.73 Å². The van der Waals surface area contributed by atoms with Crippen LogP contribution in [0.15, 0.2) is 5.38 Å². The van der Waals surface area contributed by atoms with Gasteiger partial charge in [-0.2, -0.15) is 13.2 Å². The summed E-state index contributed by atoms with van der Waals surface area (Å²) in [4.78, 5) is 4.15. The Bertz CT molecular complexity index is 309. The maximum absolute atomic E-state index is 11.9. The van der Waals surface area contributed by atoms with Gasteiger partial charge in [-0.1, -0.05) is 0 Å². The molecule has 1 heterocycles. The van der Waals surface area contributed by atoms with E-state index in [2.05, 4.69) is 4.98 Å². The van der Waals surface area contributed by atoms with E-state index >= 15 is 0 Å². The molecular weight excluding hydrogens is 225 g/mol. The van der Waals surface area contributed by atoms with Crippen molar-refractivity contribution in [3.8, 4) is 0 Å². The van der Waals surface area contributed by atoms with Crippen LogP contribution in [0.25, 0.3) is 0 Å². The highest BCUT2D eigenvalue weighted by Gasteiger charge is 2.27. The Labute approximate surface area is 90.3 Å². The molecule has 6 heteroatoms. The van der Waals surface area contributed by atoms with Gasteiger partial charge in [0, 0.05) is 30.0 Å². The summed E-state index contributed by atoms with van der Waals surface area (Å²) >= 11 is 1.44. The Balaban J connectivity index is 2.33. The molecule has 0 aliphatic rings. The first-order valence-corrected chi connectivity index (χ1v) is 5.48. The minimum Gasteiger partial charge on any atom is -0.327 e. The highest BCUT2D eigenvalue weighted by molar-refractivity contribution is 7.09. The Hall–Kier alpha value is -0.620. The lowest BCUT2D eigenvalue weighted by Gasteiger charge is -2.11. The fourth-order valence-corrected chi connectivity index (χ4v) is 2.04. The van der Waals surface area contributed by atoms with E-state index in [0.29, 0.717) is 6.42 Å². The first kappa shape index (κ1) is 12.4. The summed E-state index contributed by atoms with van der Waals surface area (Å²) in [6.07, 6.45) is -4.55. The number of hydrogen-bond acceptors (Lipinski definition) is 3. The van der Waals surface area contributed by atoms with Gasteiger partial charge >= 0.3 is 6.18 Å². The number of rotatable bonds is 4. The molecule has 1 unspecified atom stereocenters. The maximum Gasteiger partial charge on any atom is 0.389 e. The van der Waals surface area contributed by atoms with E-state index in [0.717, 1.165) is 10.7 Å². The van der Waals surface area contributed by atoms with Gasteiger partial charge in [-0.15, -0.1) is 11.3 Å². The molecule has 1 rings (SSSR count). The maximum atomic E-state index is 11.9. The summed E-state index contributed by atoms with van der Waals surface area (Å²) < 4.78 is 35.7. The predicted octanol–water partition coefficient (Wildman–Crippen LogP) is 2.66. The highest BCUT2D eigenvalue weighted by Crippen LogP contribution is 2.23. The van der Waals surface area contributed by atoms with Crippen molar-refractivity contribution < 1.29 is 13.2 Å². The van der Waals surface area contributed by atoms with E-state index in [1.807, 2.05) is 12.3 Å². The van der Waals surface area contributed by atoms with Gasteiger partial charge in [0.2, 0.25) is 0 Å². The molecule has 15 heavy (non-hydrogen) atoms. The number of halogens is 3. The number of aromatic nitrogens is 1. The van der Waals surface area contributed by atoms with Crippen LogP contribution in [0.1, 0.15) is 23.5 Å². The molecule has 1 aromatic rings. The molecule has 0 aliphatic heterocycles. The molecule has 0 bridgehead atoms. The van der Waals surface area contributed by atoms with Crippen LogP contribution in [0.3, 0.4) is 0 Å². The van der Waals surface area contributed by atoms with Crippen molar-refractivity contribution in [3.63, 3.8) is 0 Å². The molecule has 0 saturated carbocycles. The molecule has 86 valence electrons. The van der Waals surface area contributed by atoms with Crippen LogP contribution in [0.2, 0.25) is 0 Å². The lowest BCUT2D eigenvalue weighted by molar-refractivity contribution is -0.136. The molecule has 0 spiro atoms. The lowest BCUT2D eigenvalue weighted by Crippen LogP contribution is -2.25. The van der Waals surface area contributed by atoms with Crippen LogP contribution in [-0.2, 0) is 6.42 Å². The van der Waals surface area contributed by atoms with Gasteiger partial charge in [-0.3, -0.25) is 0 Å².